The van der Waals surface area contributed by atoms with E-state index in [2.05, 4.69) is 0 Å². The van der Waals surface area contributed by atoms with Gasteiger partial charge in [-0.15, -0.1) is 0 Å². The predicted molar refractivity (Wildman–Crippen MR) is 78.9 cm³/mol. The minimum Gasteiger partial charge on any atom is -0.482 e. The maximum atomic E-state index is 12.0. The molecule has 0 aliphatic rings. The molecule has 0 unspecified atom stereocenters. The molecule has 0 aliphatic heterocycles. The van der Waals surface area contributed by atoms with Crippen molar-refractivity contribution in [1.82, 2.24) is 4.90 Å². The fraction of sp³-hybridized carbons (Fsp3) is 0.467. The summed E-state index contributed by atoms with van der Waals surface area (Å²) in [6, 6.07) is 4.75. The number of rotatable bonds is 8. The van der Waals surface area contributed by atoms with Crippen LogP contribution in [0.15, 0.2) is 18.2 Å². The Bertz CT molecular complexity index is 454. The molecule has 0 saturated heterocycles. The van der Waals surface area contributed by atoms with Gasteiger partial charge in [-0.2, -0.15) is 0 Å². The van der Waals surface area contributed by atoms with Crippen LogP contribution in [0.3, 0.4) is 0 Å². The highest BCUT2D eigenvalue weighted by Gasteiger charge is 2.13. The average molecular weight is 278 g/mol. The van der Waals surface area contributed by atoms with E-state index in [1.54, 1.807) is 17.0 Å². The van der Waals surface area contributed by atoms with E-state index in [4.69, 9.17) is 10.5 Å². The van der Waals surface area contributed by atoms with Gasteiger partial charge in [0, 0.05) is 18.7 Å². The summed E-state index contributed by atoms with van der Waals surface area (Å²) in [7, 11) is 0. The third-order valence-electron chi connectivity index (χ3n) is 2.86. The second-order valence-electron chi connectivity index (χ2n) is 4.58. The van der Waals surface area contributed by atoms with E-state index in [1.807, 2.05) is 13.8 Å². The fourth-order valence-corrected chi connectivity index (χ4v) is 1.90. The highest BCUT2D eigenvalue weighted by molar-refractivity contribution is 5.79. The molecule has 0 radical (unpaired) electrons. The lowest BCUT2D eigenvalue weighted by atomic mass is 10.2. The van der Waals surface area contributed by atoms with Crippen molar-refractivity contribution in [2.75, 3.05) is 25.4 Å². The minimum atomic E-state index is -0.0486. The Hall–Kier alpha value is -2.04. The van der Waals surface area contributed by atoms with Crippen LogP contribution in [0.1, 0.15) is 37.0 Å². The van der Waals surface area contributed by atoms with E-state index in [9.17, 15) is 9.59 Å². The van der Waals surface area contributed by atoms with Crippen LogP contribution in [0.25, 0.3) is 0 Å². The Morgan fingerprint density at radius 2 is 1.95 bits per heavy atom. The standard InChI is InChI=1S/C15H22N2O3/c1-3-7-17(8-4-2)15(19)11-20-14-6-5-12(10-18)9-13(14)16/h5-6,9-10H,3-4,7-8,11,16H2,1-2H3. The van der Waals surface area contributed by atoms with Gasteiger partial charge in [-0.05, 0) is 31.0 Å². The number of hydrogen-bond acceptors (Lipinski definition) is 4. The average Bonchev–Trinajstić information content (AvgIpc) is 2.45. The van der Waals surface area contributed by atoms with Gasteiger partial charge < -0.3 is 15.4 Å². The molecular formula is C15H22N2O3. The Morgan fingerprint density at radius 3 is 2.45 bits per heavy atom. The van der Waals surface area contributed by atoms with Crippen LogP contribution < -0.4 is 10.5 Å². The van der Waals surface area contributed by atoms with Crippen molar-refractivity contribution in [2.45, 2.75) is 26.7 Å². The maximum absolute atomic E-state index is 12.0. The van der Waals surface area contributed by atoms with Crippen LogP contribution in [-0.4, -0.2) is 36.8 Å². The molecule has 0 spiro atoms. The lowest BCUT2D eigenvalue weighted by molar-refractivity contribution is -0.133. The summed E-state index contributed by atoms with van der Waals surface area (Å²) in [4.78, 5) is 24.4. The molecule has 5 nitrogen and oxygen atoms in total. The number of anilines is 1. The largest absolute Gasteiger partial charge is 0.482 e. The Labute approximate surface area is 119 Å². The SMILES string of the molecule is CCCN(CCC)C(=O)COc1ccc(C=O)cc1N. The second-order valence-corrected chi connectivity index (χ2v) is 4.58. The van der Waals surface area contributed by atoms with Crippen LogP contribution in [-0.2, 0) is 4.79 Å². The molecule has 0 heterocycles. The Morgan fingerprint density at radius 1 is 1.30 bits per heavy atom. The number of carbonyl (C=O) groups is 2. The normalized spacial score (nSPS) is 10.1. The summed E-state index contributed by atoms with van der Waals surface area (Å²) < 4.78 is 5.44. The molecule has 0 fully saturated rings. The molecule has 2 N–H and O–H groups in total. The third-order valence-corrected chi connectivity index (χ3v) is 2.86. The summed E-state index contributed by atoms with van der Waals surface area (Å²) in [5.41, 5.74) is 6.61. The number of ether oxygens (including phenoxy) is 1. The molecular weight excluding hydrogens is 256 g/mol. The van der Waals surface area contributed by atoms with Crippen LogP contribution in [0.5, 0.6) is 5.75 Å². The van der Waals surface area contributed by atoms with Crippen LogP contribution in [0, 0.1) is 0 Å². The summed E-state index contributed by atoms with van der Waals surface area (Å²) in [5, 5.41) is 0. The highest BCUT2D eigenvalue weighted by atomic mass is 16.5. The zero-order valence-electron chi connectivity index (χ0n) is 12.1. The summed E-state index contributed by atoms with van der Waals surface area (Å²) >= 11 is 0. The monoisotopic (exact) mass is 278 g/mol. The third kappa shape index (κ3) is 4.57. The van der Waals surface area contributed by atoms with Gasteiger partial charge in [0.2, 0.25) is 0 Å². The number of aldehydes is 1. The molecule has 1 amide bonds. The molecule has 1 aromatic carbocycles. The molecule has 110 valence electrons. The number of nitrogens with two attached hydrogens (primary N) is 1. The van der Waals surface area contributed by atoms with Crippen molar-refractivity contribution < 1.29 is 14.3 Å². The molecule has 0 bridgehead atoms. The first-order valence-corrected chi connectivity index (χ1v) is 6.87. The number of nitrogens with zero attached hydrogens (tertiary/aromatic N) is 1. The Kier molecular flexibility index (Phi) is 6.56. The van der Waals surface area contributed by atoms with Gasteiger partial charge in [0.15, 0.2) is 6.61 Å². The summed E-state index contributed by atoms with van der Waals surface area (Å²) in [6.07, 6.45) is 2.55. The van der Waals surface area contributed by atoms with E-state index in [1.165, 1.54) is 6.07 Å². The first kappa shape index (κ1) is 16.0. The molecule has 0 saturated carbocycles. The van der Waals surface area contributed by atoms with Crippen LogP contribution in [0.2, 0.25) is 0 Å². The zero-order chi connectivity index (χ0) is 15.0. The minimum absolute atomic E-state index is 0.0371. The zero-order valence-corrected chi connectivity index (χ0v) is 12.1. The van der Waals surface area contributed by atoms with Gasteiger partial charge in [-0.25, -0.2) is 0 Å². The van der Waals surface area contributed by atoms with Gasteiger partial charge in [0.1, 0.15) is 12.0 Å². The number of hydrogen-bond donors (Lipinski definition) is 1. The van der Waals surface area contributed by atoms with Crippen molar-refractivity contribution in [2.24, 2.45) is 0 Å². The number of benzene rings is 1. The highest BCUT2D eigenvalue weighted by Crippen LogP contribution is 2.21. The fourth-order valence-electron chi connectivity index (χ4n) is 1.90. The lowest BCUT2D eigenvalue weighted by Gasteiger charge is -2.21. The van der Waals surface area contributed by atoms with E-state index in [0.717, 1.165) is 32.2 Å². The van der Waals surface area contributed by atoms with Gasteiger partial charge in [0.05, 0.1) is 5.69 Å². The quantitative estimate of drug-likeness (QED) is 0.584. The van der Waals surface area contributed by atoms with E-state index >= 15 is 0 Å². The molecule has 20 heavy (non-hydrogen) atoms. The van der Waals surface area contributed by atoms with Crippen LogP contribution >= 0.6 is 0 Å². The van der Waals surface area contributed by atoms with Crippen molar-refractivity contribution >= 4 is 17.9 Å². The summed E-state index contributed by atoms with van der Waals surface area (Å²) in [6.45, 7) is 5.50. The second kappa shape index (κ2) is 8.19. The Balaban J connectivity index is 2.61. The van der Waals surface area contributed by atoms with Gasteiger partial charge in [-0.1, -0.05) is 13.8 Å². The molecule has 5 heteroatoms. The predicted octanol–water partition coefficient (Wildman–Crippen LogP) is 2.11. The van der Waals surface area contributed by atoms with Crippen LogP contribution in [0.4, 0.5) is 5.69 Å². The molecule has 1 aromatic rings. The molecule has 1 rings (SSSR count). The molecule has 0 aliphatic carbocycles. The first-order valence-electron chi connectivity index (χ1n) is 6.87. The number of carbonyl (C=O) groups excluding carboxylic acids is 2. The molecule has 0 aromatic heterocycles. The van der Waals surface area contributed by atoms with Crippen molar-refractivity contribution in [3.63, 3.8) is 0 Å². The van der Waals surface area contributed by atoms with Gasteiger partial charge >= 0.3 is 0 Å². The van der Waals surface area contributed by atoms with Gasteiger partial charge in [0.25, 0.3) is 5.91 Å². The smallest absolute Gasteiger partial charge is 0.260 e. The summed E-state index contributed by atoms with van der Waals surface area (Å²) in [5.74, 6) is 0.379. The van der Waals surface area contributed by atoms with E-state index < -0.39 is 0 Å². The van der Waals surface area contributed by atoms with Gasteiger partial charge in [-0.3, -0.25) is 9.59 Å². The van der Waals surface area contributed by atoms with Crippen molar-refractivity contribution in [3.05, 3.63) is 23.8 Å². The van der Waals surface area contributed by atoms with E-state index in [0.29, 0.717) is 17.0 Å². The maximum Gasteiger partial charge on any atom is 0.260 e. The lowest BCUT2D eigenvalue weighted by Crippen LogP contribution is -2.36. The first-order chi connectivity index (χ1) is 9.62. The topological polar surface area (TPSA) is 72.6 Å². The van der Waals surface area contributed by atoms with E-state index in [-0.39, 0.29) is 12.5 Å². The van der Waals surface area contributed by atoms with Crippen molar-refractivity contribution in [3.8, 4) is 5.75 Å². The molecule has 0 atom stereocenters. The number of nitrogen functional groups attached to an aromatic ring is 1. The van der Waals surface area contributed by atoms with Crippen molar-refractivity contribution in [1.29, 1.82) is 0 Å². The number of amides is 1.